The first kappa shape index (κ1) is 11.6. The van der Waals surface area contributed by atoms with Gasteiger partial charge in [-0.05, 0) is 30.0 Å². The zero-order valence-corrected chi connectivity index (χ0v) is 11.0. The van der Waals surface area contributed by atoms with E-state index in [2.05, 4.69) is 22.0 Å². The molecule has 0 fully saturated rings. The quantitative estimate of drug-likeness (QED) is 0.858. The predicted molar refractivity (Wildman–Crippen MR) is 66.6 cm³/mol. The highest BCUT2D eigenvalue weighted by Crippen LogP contribution is 2.44. The van der Waals surface area contributed by atoms with Crippen molar-refractivity contribution in [2.75, 3.05) is 0 Å². The number of hydrogen-bond donors (Lipinski definition) is 1. The van der Waals surface area contributed by atoms with Crippen LogP contribution in [0.3, 0.4) is 0 Å². The molecule has 2 nitrogen and oxygen atoms in total. The maximum absolute atomic E-state index is 11.3. The van der Waals surface area contributed by atoms with Gasteiger partial charge in [-0.1, -0.05) is 41.9 Å². The molecule has 0 aromatic heterocycles. The molecule has 1 aromatic carbocycles. The molecule has 1 aromatic rings. The molecule has 1 N–H and O–H groups in total. The number of halogens is 1. The lowest BCUT2D eigenvalue weighted by molar-refractivity contribution is -0.144. The number of carbonyl (C=O) groups is 1. The number of fused-ring (bicyclic) bond motifs is 1. The summed E-state index contributed by atoms with van der Waals surface area (Å²) in [4.78, 5) is 11.3. The Kier molecular flexibility index (Phi) is 2.82. The van der Waals surface area contributed by atoms with Gasteiger partial charge in [0.25, 0.3) is 0 Å². The highest BCUT2D eigenvalue weighted by molar-refractivity contribution is 9.10. The molecule has 1 unspecified atom stereocenters. The number of aryl methyl sites for hydroxylation is 1. The fourth-order valence-electron chi connectivity index (χ4n) is 2.77. The highest BCUT2D eigenvalue weighted by atomic mass is 79.9. The molecule has 86 valence electrons. The summed E-state index contributed by atoms with van der Waals surface area (Å²) in [7, 11) is 0. The monoisotopic (exact) mass is 282 g/mol. The minimum absolute atomic E-state index is 0.293. The number of hydrogen-bond acceptors (Lipinski definition) is 1. The first-order valence-corrected chi connectivity index (χ1v) is 6.24. The van der Waals surface area contributed by atoms with Crippen LogP contribution < -0.4 is 0 Å². The Labute approximate surface area is 104 Å². The summed E-state index contributed by atoms with van der Waals surface area (Å²) >= 11 is 3.54. The molecule has 2 rings (SSSR count). The number of rotatable bonds is 1. The van der Waals surface area contributed by atoms with Crippen LogP contribution >= 0.6 is 15.9 Å². The molecule has 0 amide bonds. The van der Waals surface area contributed by atoms with Gasteiger partial charge in [-0.25, -0.2) is 0 Å². The van der Waals surface area contributed by atoms with Gasteiger partial charge >= 0.3 is 5.97 Å². The van der Waals surface area contributed by atoms with Crippen molar-refractivity contribution in [3.05, 3.63) is 33.8 Å². The zero-order chi connectivity index (χ0) is 11.9. The largest absolute Gasteiger partial charge is 0.481 e. The van der Waals surface area contributed by atoms with E-state index in [1.54, 1.807) is 0 Å². The summed E-state index contributed by atoms with van der Waals surface area (Å²) in [5.41, 5.74) is 2.13. The molecule has 0 saturated carbocycles. The van der Waals surface area contributed by atoms with E-state index in [0.717, 1.165) is 22.9 Å². The molecule has 0 heterocycles. The van der Waals surface area contributed by atoms with E-state index in [1.807, 2.05) is 26.0 Å². The van der Waals surface area contributed by atoms with E-state index < -0.39 is 5.97 Å². The first-order chi connectivity index (χ1) is 7.44. The van der Waals surface area contributed by atoms with Gasteiger partial charge in [-0.15, -0.1) is 0 Å². The molecular weight excluding hydrogens is 268 g/mol. The van der Waals surface area contributed by atoms with Gasteiger partial charge in [0.2, 0.25) is 0 Å². The number of carboxylic acid groups (broad SMARTS) is 1. The Hall–Kier alpha value is -0.830. The third kappa shape index (κ3) is 1.67. The standard InChI is InChI=1S/C13H15BrO2/c1-13(2)9(12(15)16)7-6-8-4-3-5-10(14)11(8)13/h3-5,9H,6-7H2,1-2H3,(H,15,16). The van der Waals surface area contributed by atoms with Crippen molar-refractivity contribution in [1.29, 1.82) is 0 Å². The number of carboxylic acids is 1. The van der Waals surface area contributed by atoms with Crippen LogP contribution in [-0.2, 0) is 16.6 Å². The van der Waals surface area contributed by atoms with Crippen LogP contribution in [0.2, 0.25) is 0 Å². The van der Waals surface area contributed by atoms with Crippen LogP contribution in [-0.4, -0.2) is 11.1 Å². The fourth-order valence-corrected chi connectivity index (χ4v) is 3.68. The average molecular weight is 283 g/mol. The highest BCUT2D eigenvalue weighted by Gasteiger charge is 2.41. The normalized spacial score (nSPS) is 22.6. The van der Waals surface area contributed by atoms with Gasteiger partial charge in [0.15, 0.2) is 0 Å². The van der Waals surface area contributed by atoms with Crippen molar-refractivity contribution in [2.45, 2.75) is 32.1 Å². The van der Waals surface area contributed by atoms with E-state index in [1.165, 1.54) is 5.56 Å². The summed E-state index contributed by atoms with van der Waals surface area (Å²) in [5, 5.41) is 9.28. The fraction of sp³-hybridized carbons (Fsp3) is 0.462. The maximum atomic E-state index is 11.3. The van der Waals surface area contributed by atoms with Crippen LogP contribution in [0, 0.1) is 5.92 Å². The van der Waals surface area contributed by atoms with Crippen molar-refractivity contribution in [3.8, 4) is 0 Å². The Balaban J connectivity index is 2.57. The lowest BCUT2D eigenvalue weighted by Crippen LogP contribution is -2.39. The third-order valence-corrected chi connectivity index (χ3v) is 4.28. The number of benzene rings is 1. The summed E-state index contributed by atoms with van der Waals surface area (Å²) in [6.45, 7) is 4.04. The molecule has 0 saturated heterocycles. The van der Waals surface area contributed by atoms with Crippen molar-refractivity contribution in [2.24, 2.45) is 5.92 Å². The van der Waals surface area contributed by atoms with Gasteiger partial charge in [-0.2, -0.15) is 0 Å². The van der Waals surface area contributed by atoms with Crippen molar-refractivity contribution in [3.63, 3.8) is 0 Å². The lowest BCUT2D eigenvalue weighted by atomic mass is 9.65. The summed E-state index contributed by atoms with van der Waals surface area (Å²) in [6.07, 6.45) is 1.58. The van der Waals surface area contributed by atoms with Crippen molar-refractivity contribution in [1.82, 2.24) is 0 Å². The second-order valence-corrected chi connectivity index (χ2v) is 5.78. The predicted octanol–water partition coefficient (Wildman–Crippen LogP) is 3.37. The van der Waals surface area contributed by atoms with E-state index in [0.29, 0.717) is 0 Å². The van der Waals surface area contributed by atoms with Crippen molar-refractivity contribution >= 4 is 21.9 Å². The van der Waals surface area contributed by atoms with E-state index in [-0.39, 0.29) is 11.3 Å². The molecule has 16 heavy (non-hydrogen) atoms. The second-order valence-electron chi connectivity index (χ2n) is 4.93. The molecular formula is C13H15BrO2. The molecule has 1 aliphatic carbocycles. The molecule has 0 bridgehead atoms. The first-order valence-electron chi connectivity index (χ1n) is 5.45. The van der Waals surface area contributed by atoms with Gasteiger partial charge in [0.1, 0.15) is 0 Å². The summed E-state index contributed by atoms with van der Waals surface area (Å²) < 4.78 is 1.03. The van der Waals surface area contributed by atoms with Crippen LogP contribution in [0.25, 0.3) is 0 Å². The maximum Gasteiger partial charge on any atom is 0.307 e. The van der Waals surface area contributed by atoms with E-state index in [4.69, 9.17) is 0 Å². The van der Waals surface area contributed by atoms with Gasteiger partial charge in [-0.3, -0.25) is 4.79 Å². The zero-order valence-electron chi connectivity index (χ0n) is 9.46. The molecule has 3 heteroatoms. The van der Waals surface area contributed by atoms with Crippen LogP contribution in [0.5, 0.6) is 0 Å². The van der Waals surface area contributed by atoms with Crippen LogP contribution in [0.15, 0.2) is 22.7 Å². The minimum Gasteiger partial charge on any atom is -0.481 e. The molecule has 0 aliphatic heterocycles. The van der Waals surface area contributed by atoms with E-state index in [9.17, 15) is 9.90 Å². The molecule has 1 atom stereocenters. The second kappa shape index (κ2) is 3.88. The Bertz CT molecular complexity index is 438. The lowest BCUT2D eigenvalue weighted by Gasteiger charge is -2.38. The smallest absolute Gasteiger partial charge is 0.307 e. The Morgan fingerprint density at radius 2 is 2.19 bits per heavy atom. The summed E-state index contributed by atoms with van der Waals surface area (Å²) in [6, 6.07) is 6.10. The molecule has 0 radical (unpaired) electrons. The molecule has 0 spiro atoms. The summed E-state index contributed by atoms with van der Waals surface area (Å²) in [5.74, 6) is -0.981. The number of aliphatic carboxylic acids is 1. The van der Waals surface area contributed by atoms with Crippen LogP contribution in [0.4, 0.5) is 0 Å². The van der Waals surface area contributed by atoms with Gasteiger partial charge < -0.3 is 5.11 Å². The average Bonchev–Trinajstić information content (AvgIpc) is 2.15. The van der Waals surface area contributed by atoms with Gasteiger partial charge in [0, 0.05) is 9.89 Å². The minimum atomic E-state index is -0.689. The van der Waals surface area contributed by atoms with E-state index >= 15 is 0 Å². The van der Waals surface area contributed by atoms with Crippen LogP contribution in [0.1, 0.15) is 31.4 Å². The molecule has 1 aliphatic rings. The third-order valence-electron chi connectivity index (χ3n) is 3.62. The van der Waals surface area contributed by atoms with Crippen molar-refractivity contribution < 1.29 is 9.90 Å². The Morgan fingerprint density at radius 3 is 2.81 bits per heavy atom. The topological polar surface area (TPSA) is 37.3 Å². The SMILES string of the molecule is CC1(C)c2c(Br)cccc2CCC1C(=O)O. The Morgan fingerprint density at radius 1 is 1.50 bits per heavy atom. The van der Waals surface area contributed by atoms with Gasteiger partial charge in [0.05, 0.1) is 5.92 Å².